The Morgan fingerprint density at radius 1 is 1.18 bits per heavy atom. The fraction of sp³-hybridized carbons (Fsp3) is 0.469. The molecule has 2 aromatic rings. The first kappa shape index (κ1) is 32.8. The average molecular weight is 617 g/mol. The van der Waals surface area contributed by atoms with Crippen LogP contribution >= 0.6 is 0 Å². The van der Waals surface area contributed by atoms with Crippen molar-refractivity contribution < 1.29 is 37.0 Å². The minimum absolute atomic E-state index is 0.0691. The number of alkyl halides is 3. The number of imidazole rings is 1. The molecule has 0 bridgehead atoms. The maximum Gasteiger partial charge on any atom is 0.573 e. The molecule has 2 aliphatic heterocycles. The van der Waals surface area contributed by atoms with E-state index in [0.29, 0.717) is 55.1 Å². The Morgan fingerprint density at radius 3 is 2.45 bits per heavy atom. The summed E-state index contributed by atoms with van der Waals surface area (Å²) < 4.78 is 53.7. The molecule has 3 unspecified atom stereocenters. The summed E-state index contributed by atoms with van der Waals surface area (Å²) in [4.78, 5) is 35.9. The minimum Gasteiger partial charge on any atom is -0.453 e. The summed E-state index contributed by atoms with van der Waals surface area (Å²) >= 11 is 0. The number of carbonyl (C=O) groups excluding carboxylic acids is 2. The number of H-pyrrole nitrogens is 1. The van der Waals surface area contributed by atoms with Crippen molar-refractivity contribution >= 4 is 17.6 Å². The van der Waals surface area contributed by atoms with Crippen molar-refractivity contribution in [2.24, 2.45) is 5.92 Å². The molecule has 9 nitrogen and oxygen atoms in total. The molecule has 44 heavy (non-hydrogen) atoms. The van der Waals surface area contributed by atoms with E-state index in [4.69, 9.17) is 9.47 Å². The van der Waals surface area contributed by atoms with Gasteiger partial charge in [-0.1, -0.05) is 36.4 Å². The molecule has 3 heterocycles. The number of aromatic nitrogens is 2. The van der Waals surface area contributed by atoms with E-state index < -0.39 is 18.5 Å². The summed E-state index contributed by atoms with van der Waals surface area (Å²) in [6.45, 7) is 9.99. The number of rotatable bonds is 9. The lowest BCUT2D eigenvalue weighted by atomic mass is 9.90. The maximum absolute atomic E-state index is 14.0. The van der Waals surface area contributed by atoms with E-state index >= 15 is 0 Å². The molecule has 0 spiro atoms. The number of aromatic amines is 1. The molecule has 2 amide bonds. The van der Waals surface area contributed by atoms with Crippen molar-refractivity contribution in [2.45, 2.75) is 70.9 Å². The zero-order valence-corrected chi connectivity index (χ0v) is 25.4. The van der Waals surface area contributed by atoms with Gasteiger partial charge in [0.25, 0.3) is 0 Å². The molecule has 4 rings (SSSR count). The number of ether oxygens (including phenoxy) is 3. The van der Waals surface area contributed by atoms with Crippen molar-refractivity contribution in [3.8, 4) is 11.3 Å². The van der Waals surface area contributed by atoms with Gasteiger partial charge in [0, 0.05) is 24.8 Å². The molecule has 2 aliphatic rings. The van der Waals surface area contributed by atoms with Crippen LogP contribution in [0.4, 0.5) is 18.0 Å². The number of amides is 2. The molecule has 2 N–H and O–H groups in total. The van der Waals surface area contributed by atoms with Crippen LogP contribution in [0.1, 0.15) is 63.9 Å². The van der Waals surface area contributed by atoms with Crippen LogP contribution < -0.4 is 5.32 Å². The molecule has 3 atom stereocenters. The van der Waals surface area contributed by atoms with Gasteiger partial charge in [-0.2, -0.15) is 0 Å². The van der Waals surface area contributed by atoms with Gasteiger partial charge in [-0.25, -0.2) is 9.78 Å². The average Bonchev–Trinajstić information content (AvgIpc) is 3.64. The normalized spacial score (nSPS) is 20.8. The number of alkyl carbamates (subject to hydrolysis) is 1. The van der Waals surface area contributed by atoms with Crippen molar-refractivity contribution in [3.05, 3.63) is 71.9 Å². The van der Waals surface area contributed by atoms with Gasteiger partial charge in [-0.05, 0) is 75.7 Å². The minimum atomic E-state index is -4.84. The molecule has 238 valence electrons. The van der Waals surface area contributed by atoms with Crippen LogP contribution in [0.25, 0.3) is 16.8 Å². The number of hydrogen-bond acceptors (Lipinski definition) is 6. The highest BCUT2D eigenvalue weighted by molar-refractivity contribution is 5.87. The topological polar surface area (TPSA) is 106 Å². The number of nitrogens with one attached hydrogen (secondary N) is 2. The zero-order valence-electron chi connectivity index (χ0n) is 25.4. The predicted molar refractivity (Wildman–Crippen MR) is 159 cm³/mol. The summed E-state index contributed by atoms with van der Waals surface area (Å²) in [7, 11) is 1.27. The number of halogens is 3. The first-order valence-corrected chi connectivity index (χ1v) is 14.6. The smallest absolute Gasteiger partial charge is 0.453 e. The van der Waals surface area contributed by atoms with E-state index in [1.54, 1.807) is 48.4 Å². The Balaban J connectivity index is 1.57. The highest BCUT2D eigenvalue weighted by Gasteiger charge is 2.43. The molecule has 1 aromatic heterocycles. The number of hydrogen-bond donors (Lipinski definition) is 2. The maximum atomic E-state index is 14.0. The second-order valence-corrected chi connectivity index (χ2v) is 11.1. The summed E-state index contributed by atoms with van der Waals surface area (Å²) in [6, 6.07) is 5.83. The fourth-order valence-electron chi connectivity index (χ4n) is 5.82. The van der Waals surface area contributed by atoms with Gasteiger partial charge in [0.1, 0.15) is 17.6 Å². The van der Waals surface area contributed by atoms with Crippen LogP contribution in [0.5, 0.6) is 0 Å². The van der Waals surface area contributed by atoms with Crippen molar-refractivity contribution in [1.82, 2.24) is 20.2 Å². The third kappa shape index (κ3) is 7.90. The third-order valence-corrected chi connectivity index (χ3v) is 7.95. The number of carbonyl (C=O) groups is 2. The quantitative estimate of drug-likeness (QED) is 0.241. The van der Waals surface area contributed by atoms with Gasteiger partial charge in [-0.15, -0.1) is 13.2 Å². The van der Waals surface area contributed by atoms with E-state index in [1.165, 1.54) is 20.1 Å². The number of methoxy groups -OCH3 is 1. The molecule has 2 fully saturated rings. The third-order valence-electron chi connectivity index (χ3n) is 7.95. The van der Waals surface area contributed by atoms with Crippen molar-refractivity contribution in [2.75, 3.05) is 20.3 Å². The Bertz CT molecular complexity index is 1390. The van der Waals surface area contributed by atoms with Crippen LogP contribution in [0.3, 0.4) is 0 Å². The van der Waals surface area contributed by atoms with Crippen LogP contribution in [0, 0.1) is 5.92 Å². The Morgan fingerprint density at radius 2 is 1.86 bits per heavy atom. The standard InChI is InChI=1S/C32H39F3N4O5/c1-6-27(44-32(33,34)35)24(17-19(2)3)21-8-10-22(11-9-21)25-18-36-29(37-25)26-12-7-20(4)39(26)30(40)28(38-31(41)42-5)23-13-15-43-16-14-23/h6,8-11,17-18,20,23,26,28H,2,7,12-16H2,1,3-5H3,(H,36,37)(H,38,41). The van der Waals surface area contributed by atoms with E-state index in [0.717, 1.165) is 12.0 Å². The highest BCUT2D eigenvalue weighted by atomic mass is 19.4. The zero-order chi connectivity index (χ0) is 32.0. The monoisotopic (exact) mass is 616 g/mol. The first-order chi connectivity index (χ1) is 20.9. The molecule has 0 aliphatic carbocycles. The molecular weight excluding hydrogens is 577 g/mol. The lowest BCUT2D eigenvalue weighted by molar-refractivity contribution is -0.302. The molecular formula is C32H39F3N4O5. The number of likely N-dealkylation sites (tertiary alicyclic amines) is 1. The molecule has 2 saturated heterocycles. The Hall–Kier alpha value is -4.06. The summed E-state index contributed by atoms with van der Waals surface area (Å²) in [5.74, 6) is 0.0290. The largest absolute Gasteiger partial charge is 0.573 e. The van der Waals surface area contributed by atoms with Gasteiger partial charge in [0.05, 0.1) is 25.0 Å². The summed E-state index contributed by atoms with van der Waals surface area (Å²) in [6.07, 6.45) is 1.74. The number of allylic oxidation sites excluding steroid dienone is 4. The fourth-order valence-corrected chi connectivity index (χ4v) is 5.82. The van der Waals surface area contributed by atoms with E-state index in [2.05, 4.69) is 26.6 Å². The Labute approximate surface area is 255 Å². The van der Waals surface area contributed by atoms with E-state index in [9.17, 15) is 22.8 Å². The predicted octanol–water partition coefficient (Wildman–Crippen LogP) is 6.68. The SMILES string of the molecule is C=C(C)C=C(C(=CC)OC(F)(F)F)c1ccc(-c2cnc(C3CCC(C)N3C(=O)C(NC(=O)OC)C3CCOCC3)[nH]2)cc1. The molecule has 12 heteroatoms. The van der Waals surface area contributed by atoms with Gasteiger partial charge in [0.15, 0.2) is 0 Å². The van der Waals surface area contributed by atoms with Gasteiger partial charge >= 0.3 is 12.5 Å². The number of nitrogens with zero attached hydrogens (tertiary/aromatic N) is 2. The highest BCUT2D eigenvalue weighted by Crippen LogP contribution is 2.38. The van der Waals surface area contributed by atoms with E-state index in [-0.39, 0.29) is 35.2 Å². The molecule has 1 aromatic carbocycles. The second-order valence-electron chi connectivity index (χ2n) is 11.1. The molecule has 0 saturated carbocycles. The van der Waals surface area contributed by atoms with Crippen LogP contribution in [0.15, 0.2) is 60.5 Å². The van der Waals surface area contributed by atoms with Crippen molar-refractivity contribution in [3.63, 3.8) is 0 Å². The Kier molecular flexibility index (Phi) is 10.6. The van der Waals surface area contributed by atoms with E-state index in [1.807, 2.05) is 6.92 Å². The lowest BCUT2D eigenvalue weighted by Gasteiger charge is -2.36. The van der Waals surface area contributed by atoms with Gasteiger partial charge in [0.2, 0.25) is 5.91 Å². The second kappa shape index (κ2) is 14.1. The summed E-state index contributed by atoms with van der Waals surface area (Å²) in [5, 5.41) is 2.76. The van der Waals surface area contributed by atoms with Crippen LogP contribution in [0.2, 0.25) is 0 Å². The van der Waals surface area contributed by atoms with Gasteiger partial charge in [-0.3, -0.25) is 4.79 Å². The first-order valence-electron chi connectivity index (χ1n) is 14.6. The van der Waals surface area contributed by atoms with Crippen LogP contribution in [-0.2, 0) is 19.0 Å². The molecule has 0 radical (unpaired) electrons. The van der Waals surface area contributed by atoms with Gasteiger partial charge < -0.3 is 29.4 Å². The lowest BCUT2D eigenvalue weighted by Crippen LogP contribution is -2.54. The summed E-state index contributed by atoms with van der Waals surface area (Å²) in [5.41, 5.74) is 2.79. The van der Waals surface area contributed by atoms with Crippen molar-refractivity contribution in [1.29, 1.82) is 0 Å². The number of benzene rings is 1. The van der Waals surface area contributed by atoms with Crippen LogP contribution in [-0.4, -0.2) is 65.6 Å².